The van der Waals surface area contributed by atoms with E-state index in [1.807, 2.05) is 52.7 Å². The summed E-state index contributed by atoms with van der Waals surface area (Å²) in [7, 11) is 6.12. The summed E-state index contributed by atoms with van der Waals surface area (Å²) in [5, 5.41) is 10.6. The molecule has 1 fully saturated rings. The first kappa shape index (κ1) is 21.0. The van der Waals surface area contributed by atoms with E-state index in [0.29, 0.717) is 22.6 Å². The summed E-state index contributed by atoms with van der Waals surface area (Å²) in [6.07, 6.45) is 3.81. The topological polar surface area (TPSA) is 62.5 Å². The van der Waals surface area contributed by atoms with Crippen molar-refractivity contribution in [3.05, 3.63) is 63.9 Å². The van der Waals surface area contributed by atoms with Crippen LogP contribution in [0.4, 0.5) is 5.82 Å². The van der Waals surface area contributed by atoms with E-state index in [1.165, 1.54) is 0 Å². The van der Waals surface area contributed by atoms with Crippen molar-refractivity contribution < 1.29 is 4.79 Å². The number of piperidine rings is 1. The van der Waals surface area contributed by atoms with Crippen LogP contribution in [-0.4, -0.2) is 52.4 Å². The molecular formula is C23H21BClN5OS. The van der Waals surface area contributed by atoms with Crippen LogP contribution >= 0.6 is 22.9 Å². The van der Waals surface area contributed by atoms with E-state index in [2.05, 4.69) is 15.4 Å². The summed E-state index contributed by atoms with van der Waals surface area (Å²) in [4.78, 5) is 20.4. The number of thiophene rings is 1. The van der Waals surface area contributed by atoms with E-state index in [9.17, 15) is 4.79 Å². The third-order valence-corrected chi connectivity index (χ3v) is 6.96. The van der Waals surface area contributed by atoms with Crippen LogP contribution in [0.5, 0.6) is 0 Å². The van der Waals surface area contributed by atoms with Crippen LogP contribution in [0.1, 0.15) is 17.7 Å². The Labute approximate surface area is 196 Å². The Morgan fingerprint density at radius 1 is 1.22 bits per heavy atom. The number of halogens is 1. The number of hydrogen-bond donors (Lipinski definition) is 1. The minimum atomic E-state index is 0.193. The fraction of sp³-hybridized carbons (Fsp3) is 0.261. The van der Waals surface area contributed by atoms with Gasteiger partial charge in [-0.1, -0.05) is 35.9 Å². The minimum Gasteiger partial charge on any atom is -0.367 e. The molecule has 1 aliphatic rings. The molecule has 1 saturated heterocycles. The van der Waals surface area contributed by atoms with E-state index in [-0.39, 0.29) is 11.9 Å². The molecule has 6 nitrogen and oxygen atoms in total. The second kappa shape index (κ2) is 8.96. The molecule has 4 heterocycles. The Hall–Kier alpha value is -2.84. The second-order valence-corrected chi connectivity index (χ2v) is 9.34. The highest BCUT2D eigenvalue weighted by Crippen LogP contribution is 2.29. The molecule has 3 aromatic heterocycles. The van der Waals surface area contributed by atoms with Gasteiger partial charge in [-0.25, -0.2) is 4.98 Å². The van der Waals surface area contributed by atoms with Gasteiger partial charge < -0.3 is 10.2 Å². The number of rotatable bonds is 5. The number of nitrogens with zero attached hydrogens (tertiary/aromatic N) is 4. The van der Waals surface area contributed by atoms with Gasteiger partial charge in [0.05, 0.1) is 12.1 Å². The lowest BCUT2D eigenvalue weighted by Crippen LogP contribution is -2.43. The number of benzene rings is 1. The molecule has 32 heavy (non-hydrogen) atoms. The summed E-state index contributed by atoms with van der Waals surface area (Å²) in [6.45, 7) is 1.46. The molecule has 1 aliphatic heterocycles. The van der Waals surface area contributed by atoms with Gasteiger partial charge in [0.1, 0.15) is 13.7 Å². The van der Waals surface area contributed by atoms with Crippen molar-refractivity contribution in [1.82, 2.24) is 19.5 Å². The zero-order valence-electron chi connectivity index (χ0n) is 17.4. The molecule has 0 bridgehead atoms. The summed E-state index contributed by atoms with van der Waals surface area (Å²) in [5.74, 6) is 1.00. The number of carbonyl (C=O) groups excluding carboxylic acids is 1. The summed E-state index contributed by atoms with van der Waals surface area (Å²) >= 11 is 8.04. The van der Waals surface area contributed by atoms with Crippen LogP contribution in [0, 0.1) is 0 Å². The van der Waals surface area contributed by atoms with Crippen LogP contribution in [0.15, 0.2) is 54.0 Å². The molecule has 9 heteroatoms. The lowest BCUT2D eigenvalue weighted by atomic mass is 10.0. The highest BCUT2D eigenvalue weighted by Gasteiger charge is 2.24. The molecule has 160 valence electrons. The monoisotopic (exact) mass is 461 g/mol. The van der Waals surface area contributed by atoms with Crippen molar-refractivity contribution in [3.8, 4) is 11.3 Å². The molecule has 5 rings (SSSR count). The molecule has 0 spiro atoms. The zero-order valence-corrected chi connectivity index (χ0v) is 18.9. The highest BCUT2D eigenvalue weighted by molar-refractivity contribution is 7.10. The number of hydrogen-bond acceptors (Lipinski definition) is 5. The standard InChI is InChI=1S/C23H21BClN5OS/c24-18-14-26-30-21(13-20(28-23(18)30)17-5-1-2-6-19(17)25)27-15-7-9-29(10-8-15)22(31)12-16-4-3-11-32-16/h1-6,11,13-15,27H,7-10,12H2. The van der Waals surface area contributed by atoms with Crippen molar-refractivity contribution in [3.63, 3.8) is 0 Å². The molecule has 0 aliphatic carbocycles. The lowest BCUT2D eigenvalue weighted by Gasteiger charge is -2.33. The number of fused-ring (bicyclic) bond motifs is 1. The molecule has 1 amide bonds. The number of anilines is 1. The fourth-order valence-corrected chi connectivity index (χ4v) is 4.97. The van der Waals surface area contributed by atoms with Crippen molar-refractivity contribution in [2.24, 2.45) is 0 Å². The molecule has 2 radical (unpaired) electrons. The Morgan fingerprint density at radius 2 is 2.03 bits per heavy atom. The quantitative estimate of drug-likeness (QED) is 0.462. The van der Waals surface area contributed by atoms with Gasteiger partial charge in [0.25, 0.3) is 0 Å². The van der Waals surface area contributed by atoms with Crippen molar-refractivity contribution >= 4 is 53.6 Å². The Bertz CT molecular complexity index is 1250. The molecule has 1 N–H and O–H groups in total. The third kappa shape index (κ3) is 4.25. The average Bonchev–Trinajstić information content (AvgIpc) is 3.44. The Balaban J connectivity index is 1.33. The lowest BCUT2D eigenvalue weighted by molar-refractivity contribution is -0.131. The third-order valence-electron chi connectivity index (χ3n) is 5.75. The van der Waals surface area contributed by atoms with Gasteiger partial charge in [-0.15, -0.1) is 11.3 Å². The molecular weight excluding hydrogens is 441 g/mol. The Kier molecular flexibility index (Phi) is 5.89. The summed E-state index contributed by atoms with van der Waals surface area (Å²) < 4.78 is 1.73. The van der Waals surface area contributed by atoms with Crippen molar-refractivity contribution in [2.75, 3.05) is 18.4 Å². The summed E-state index contributed by atoms with van der Waals surface area (Å²) in [5.41, 5.74) is 2.68. The van der Waals surface area contributed by atoms with Crippen molar-refractivity contribution in [2.45, 2.75) is 25.3 Å². The first-order valence-corrected chi connectivity index (χ1v) is 11.8. The van der Waals surface area contributed by atoms with Crippen molar-refractivity contribution in [1.29, 1.82) is 0 Å². The maximum Gasteiger partial charge on any atom is 0.227 e. The van der Waals surface area contributed by atoms with Crippen LogP contribution in [0.25, 0.3) is 16.9 Å². The number of carbonyl (C=O) groups is 1. The second-order valence-electron chi connectivity index (χ2n) is 7.90. The summed E-state index contributed by atoms with van der Waals surface area (Å²) in [6, 6.07) is 13.8. The maximum absolute atomic E-state index is 12.6. The smallest absolute Gasteiger partial charge is 0.227 e. The van der Waals surface area contributed by atoms with E-state index in [1.54, 1.807) is 22.0 Å². The normalized spacial score (nSPS) is 14.7. The van der Waals surface area contributed by atoms with Crippen LogP contribution in [0.3, 0.4) is 0 Å². The van der Waals surface area contributed by atoms with Crippen LogP contribution in [0.2, 0.25) is 5.02 Å². The van der Waals surface area contributed by atoms with E-state index < -0.39 is 0 Å². The number of nitrogens with one attached hydrogen (secondary N) is 1. The van der Waals surface area contributed by atoms with Gasteiger partial charge in [0, 0.05) is 46.9 Å². The SMILES string of the molecule is [B]c1cnn2c(NC3CCN(C(=O)Cc4cccs4)CC3)cc(-c3ccccc3Cl)nc12. The van der Waals surface area contributed by atoms with Gasteiger partial charge in [0.15, 0.2) is 5.65 Å². The van der Waals surface area contributed by atoms with Gasteiger partial charge in [-0.3, -0.25) is 4.79 Å². The molecule has 4 aromatic rings. The molecule has 0 saturated carbocycles. The average molecular weight is 462 g/mol. The number of amides is 1. The van der Waals surface area contributed by atoms with E-state index in [4.69, 9.17) is 19.4 Å². The first-order chi connectivity index (χ1) is 15.6. The molecule has 1 aromatic carbocycles. The largest absolute Gasteiger partial charge is 0.367 e. The van der Waals surface area contributed by atoms with Gasteiger partial charge >= 0.3 is 0 Å². The Morgan fingerprint density at radius 3 is 2.78 bits per heavy atom. The molecule has 0 unspecified atom stereocenters. The fourth-order valence-electron chi connectivity index (χ4n) is 4.05. The van der Waals surface area contributed by atoms with Gasteiger partial charge in [0.2, 0.25) is 5.91 Å². The predicted octanol–water partition coefficient (Wildman–Crippen LogP) is 3.55. The van der Waals surface area contributed by atoms with Crippen LogP contribution < -0.4 is 10.8 Å². The van der Waals surface area contributed by atoms with E-state index >= 15 is 0 Å². The maximum atomic E-state index is 12.6. The van der Waals surface area contributed by atoms with E-state index in [0.717, 1.165) is 47.9 Å². The number of aromatic nitrogens is 3. The van der Waals surface area contributed by atoms with Gasteiger partial charge in [-0.2, -0.15) is 9.61 Å². The zero-order chi connectivity index (χ0) is 22.1. The van der Waals surface area contributed by atoms with Gasteiger partial charge in [-0.05, 0) is 35.8 Å². The highest BCUT2D eigenvalue weighted by atomic mass is 35.5. The molecule has 0 atom stereocenters. The first-order valence-electron chi connectivity index (χ1n) is 10.5. The number of likely N-dealkylation sites (tertiary alicyclic amines) is 1. The minimum absolute atomic E-state index is 0.193. The van der Waals surface area contributed by atoms with Crippen LogP contribution in [-0.2, 0) is 11.2 Å². The predicted molar refractivity (Wildman–Crippen MR) is 130 cm³/mol.